The lowest BCUT2D eigenvalue weighted by Gasteiger charge is -2.14. The molecule has 3 nitrogen and oxygen atoms in total. The van der Waals surface area contributed by atoms with Gasteiger partial charge in [0.15, 0.2) is 0 Å². The highest BCUT2D eigenvalue weighted by molar-refractivity contribution is 5.81. The van der Waals surface area contributed by atoms with Crippen molar-refractivity contribution in [1.82, 2.24) is 0 Å². The van der Waals surface area contributed by atoms with Crippen molar-refractivity contribution < 1.29 is 14.3 Å². The van der Waals surface area contributed by atoms with Crippen LogP contribution in [0.25, 0.3) is 0 Å². The van der Waals surface area contributed by atoms with Gasteiger partial charge in [-0.1, -0.05) is 13.5 Å². The molecule has 0 rings (SSSR count). The van der Waals surface area contributed by atoms with Gasteiger partial charge in [-0.15, -0.1) is 0 Å². The van der Waals surface area contributed by atoms with E-state index in [1.165, 1.54) is 0 Å². The maximum atomic E-state index is 10.7. The number of carbonyl (C=O) groups excluding carboxylic acids is 1. The summed E-state index contributed by atoms with van der Waals surface area (Å²) in [5.41, 5.74) is 0. The Hall–Kier alpha value is -0.830. The van der Waals surface area contributed by atoms with Crippen molar-refractivity contribution in [2.45, 2.75) is 26.1 Å². The summed E-state index contributed by atoms with van der Waals surface area (Å²) in [5.74, 6) is -0.472. The van der Waals surface area contributed by atoms with Crippen molar-refractivity contribution >= 4 is 5.97 Å². The maximum absolute atomic E-state index is 10.7. The van der Waals surface area contributed by atoms with E-state index in [0.717, 1.165) is 12.5 Å². The number of rotatable bonds is 6. The Morgan fingerprint density at radius 2 is 2.33 bits per heavy atom. The van der Waals surface area contributed by atoms with Crippen LogP contribution in [0.2, 0.25) is 0 Å². The fourth-order valence-electron chi connectivity index (χ4n) is 0.603. The van der Waals surface area contributed by atoms with E-state index in [9.17, 15) is 4.79 Å². The van der Waals surface area contributed by atoms with E-state index in [4.69, 9.17) is 9.47 Å². The molecule has 0 aromatic carbocycles. The van der Waals surface area contributed by atoms with Gasteiger partial charge in [0.05, 0.1) is 6.61 Å². The molecule has 1 atom stereocenters. The standard InChI is InChI=1S/C9H15O3/c1-4-7-11-9(6-3)12-8(10)5-2/h5,9H,2-4,6-7H2,1H3. The van der Waals surface area contributed by atoms with Crippen LogP contribution in [0.15, 0.2) is 12.7 Å². The average Bonchev–Trinajstić information content (AvgIpc) is 2.11. The van der Waals surface area contributed by atoms with Crippen LogP contribution >= 0.6 is 0 Å². The van der Waals surface area contributed by atoms with Crippen molar-refractivity contribution in [3.05, 3.63) is 19.6 Å². The predicted molar refractivity (Wildman–Crippen MR) is 46.3 cm³/mol. The van der Waals surface area contributed by atoms with Crippen molar-refractivity contribution in [2.24, 2.45) is 0 Å². The number of ether oxygens (including phenoxy) is 2. The lowest BCUT2D eigenvalue weighted by atomic mass is 10.4. The molecule has 0 aliphatic carbocycles. The molecule has 12 heavy (non-hydrogen) atoms. The van der Waals surface area contributed by atoms with Gasteiger partial charge in [-0.05, 0) is 13.3 Å². The number of esters is 1. The SMILES string of the molecule is [CH2]CC(OCCC)OC(=O)C=C. The van der Waals surface area contributed by atoms with Gasteiger partial charge in [0.1, 0.15) is 0 Å². The summed E-state index contributed by atoms with van der Waals surface area (Å²) in [4.78, 5) is 10.7. The van der Waals surface area contributed by atoms with Crippen LogP contribution in [0.5, 0.6) is 0 Å². The maximum Gasteiger partial charge on any atom is 0.332 e. The van der Waals surface area contributed by atoms with E-state index >= 15 is 0 Å². The Bertz CT molecular complexity index is 143. The first kappa shape index (κ1) is 11.2. The molecule has 0 spiro atoms. The second-order valence-electron chi connectivity index (χ2n) is 2.23. The largest absolute Gasteiger partial charge is 0.433 e. The molecule has 0 saturated carbocycles. The molecule has 0 heterocycles. The molecule has 0 amide bonds. The highest BCUT2D eigenvalue weighted by Crippen LogP contribution is 2.01. The van der Waals surface area contributed by atoms with Crippen LogP contribution in [0, 0.1) is 6.92 Å². The second kappa shape index (κ2) is 6.85. The number of hydrogen-bond acceptors (Lipinski definition) is 3. The Balaban J connectivity index is 3.66. The van der Waals surface area contributed by atoms with E-state index in [0.29, 0.717) is 13.0 Å². The number of hydrogen-bond donors (Lipinski definition) is 0. The zero-order chi connectivity index (χ0) is 9.40. The van der Waals surface area contributed by atoms with Crippen molar-refractivity contribution in [3.8, 4) is 0 Å². The Kier molecular flexibility index (Phi) is 6.38. The molecule has 0 aliphatic rings. The summed E-state index contributed by atoms with van der Waals surface area (Å²) in [6.07, 6.45) is 1.88. The topological polar surface area (TPSA) is 35.5 Å². The van der Waals surface area contributed by atoms with Crippen LogP contribution in [0.4, 0.5) is 0 Å². The highest BCUT2D eigenvalue weighted by atomic mass is 16.7. The first-order valence-electron chi connectivity index (χ1n) is 3.98. The van der Waals surface area contributed by atoms with E-state index in [1.807, 2.05) is 6.92 Å². The minimum Gasteiger partial charge on any atom is -0.433 e. The van der Waals surface area contributed by atoms with Gasteiger partial charge in [0.25, 0.3) is 0 Å². The second-order valence-corrected chi connectivity index (χ2v) is 2.23. The van der Waals surface area contributed by atoms with Crippen LogP contribution in [-0.4, -0.2) is 18.9 Å². The van der Waals surface area contributed by atoms with Crippen molar-refractivity contribution in [1.29, 1.82) is 0 Å². The molecule has 69 valence electrons. The van der Waals surface area contributed by atoms with Crippen LogP contribution < -0.4 is 0 Å². The molecule has 0 N–H and O–H groups in total. The molecule has 0 aliphatic heterocycles. The smallest absolute Gasteiger partial charge is 0.332 e. The van der Waals surface area contributed by atoms with Gasteiger partial charge in [-0.25, -0.2) is 4.79 Å². The predicted octanol–water partition coefficient (Wildman–Crippen LogP) is 1.69. The highest BCUT2D eigenvalue weighted by Gasteiger charge is 2.08. The summed E-state index contributed by atoms with van der Waals surface area (Å²) in [6, 6.07) is 0. The molecule has 3 heteroatoms. The van der Waals surface area contributed by atoms with Crippen LogP contribution in [-0.2, 0) is 14.3 Å². The zero-order valence-electron chi connectivity index (χ0n) is 7.41. The molecule has 1 radical (unpaired) electrons. The monoisotopic (exact) mass is 171 g/mol. The fourth-order valence-corrected chi connectivity index (χ4v) is 0.603. The van der Waals surface area contributed by atoms with E-state index in [1.54, 1.807) is 0 Å². The third kappa shape index (κ3) is 4.91. The van der Waals surface area contributed by atoms with E-state index in [-0.39, 0.29) is 0 Å². The fraction of sp³-hybridized carbons (Fsp3) is 0.556. The van der Waals surface area contributed by atoms with Gasteiger partial charge in [-0.3, -0.25) is 0 Å². The normalized spacial score (nSPS) is 12.2. The van der Waals surface area contributed by atoms with Crippen molar-refractivity contribution in [3.63, 3.8) is 0 Å². The van der Waals surface area contributed by atoms with Gasteiger partial charge in [-0.2, -0.15) is 0 Å². The minimum absolute atomic E-state index is 0.416. The minimum atomic E-state index is -0.532. The molecule has 0 saturated heterocycles. The van der Waals surface area contributed by atoms with Crippen LogP contribution in [0.1, 0.15) is 19.8 Å². The Morgan fingerprint density at radius 1 is 1.67 bits per heavy atom. The lowest BCUT2D eigenvalue weighted by Crippen LogP contribution is -2.19. The van der Waals surface area contributed by atoms with E-state index < -0.39 is 12.3 Å². The van der Waals surface area contributed by atoms with Crippen molar-refractivity contribution in [2.75, 3.05) is 6.61 Å². The summed E-state index contributed by atoms with van der Waals surface area (Å²) < 4.78 is 9.97. The summed E-state index contributed by atoms with van der Waals surface area (Å²) in [5, 5.41) is 0. The molecule has 1 unspecified atom stereocenters. The summed E-state index contributed by atoms with van der Waals surface area (Å²) in [6.45, 7) is 9.42. The Morgan fingerprint density at radius 3 is 2.75 bits per heavy atom. The molecule has 0 aromatic heterocycles. The van der Waals surface area contributed by atoms with E-state index in [2.05, 4.69) is 13.5 Å². The third-order valence-corrected chi connectivity index (χ3v) is 1.16. The lowest BCUT2D eigenvalue weighted by molar-refractivity contribution is -0.172. The van der Waals surface area contributed by atoms with Gasteiger partial charge in [0, 0.05) is 12.5 Å². The average molecular weight is 171 g/mol. The molecule has 0 aromatic rings. The molecular formula is C9H15O3. The summed E-state index contributed by atoms with van der Waals surface area (Å²) >= 11 is 0. The first-order chi connectivity index (χ1) is 5.74. The zero-order valence-corrected chi connectivity index (χ0v) is 7.41. The van der Waals surface area contributed by atoms with Gasteiger partial charge < -0.3 is 9.47 Å². The summed E-state index contributed by atoms with van der Waals surface area (Å²) in [7, 11) is 0. The van der Waals surface area contributed by atoms with Gasteiger partial charge in [0.2, 0.25) is 6.29 Å². The molecule has 0 fully saturated rings. The third-order valence-electron chi connectivity index (χ3n) is 1.16. The number of carbonyl (C=O) groups is 1. The van der Waals surface area contributed by atoms with Gasteiger partial charge >= 0.3 is 5.97 Å². The van der Waals surface area contributed by atoms with Crippen LogP contribution in [0.3, 0.4) is 0 Å². The quantitative estimate of drug-likeness (QED) is 0.346. The Labute approximate surface area is 73.4 Å². The molecule has 0 bridgehead atoms. The first-order valence-corrected chi connectivity index (χ1v) is 3.98. The molecular weight excluding hydrogens is 156 g/mol.